The van der Waals surface area contributed by atoms with Crippen molar-refractivity contribution in [2.45, 2.75) is 123 Å². The average Bonchev–Trinajstić information content (AvgIpc) is 2.57. The summed E-state index contributed by atoms with van der Waals surface area (Å²) in [5, 5.41) is 0. The maximum Gasteiger partial charge on any atom is 0.310 e. The van der Waals surface area contributed by atoms with E-state index in [1.54, 1.807) is 0 Å². The lowest BCUT2D eigenvalue weighted by atomic mass is 10.0. The Kier molecular flexibility index (Phi) is 20.4. The number of nitrogens with zero attached hydrogens (tertiary/aromatic N) is 1. The van der Waals surface area contributed by atoms with Crippen LogP contribution >= 0.6 is 0 Å². The van der Waals surface area contributed by atoms with Gasteiger partial charge in [0.25, 0.3) is 0 Å². The molecule has 0 radical (unpaired) electrons. The van der Waals surface area contributed by atoms with E-state index in [2.05, 4.69) is 6.92 Å². The molecule has 0 aliphatic carbocycles. The molecule has 4 heteroatoms. The van der Waals surface area contributed by atoms with Gasteiger partial charge in [-0.25, -0.2) is 0 Å². The monoisotopic (exact) mass is 405 g/mol. The van der Waals surface area contributed by atoms with Crippen molar-refractivity contribution in [3.63, 3.8) is 0 Å². The van der Waals surface area contributed by atoms with Crippen molar-refractivity contribution in [3.05, 3.63) is 0 Å². The van der Waals surface area contributed by atoms with Crippen molar-refractivity contribution in [1.29, 1.82) is 0 Å². The highest BCUT2D eigenvalue weighted by Crippen LogP contribution is 2.14. The van der Waals surface area contributed by atoms with E-state index < -0.39 is 0 Å². The fraction of sp³-hybridized carbons (Fsp3) is 0.957. The summed E-state index contributed by atoms with van der Waals surface area (Å²) in [5.74, 6) is -0.0414. The molecule has 0 saturated heterocycles. The van der Waals surface area contributed by atoms with Gasteiger partial charge in [0.2, 0.25) is 6.23 Å². The summed E-state index contributed by atoms with van der Waals surface area (Å²) < 4.78 is 6.12. The lowest BCUT2D eigenvalue weighted by molar-refractivity contribution is -0.914. The number of rotatable bonds is 18. The van der Waals surface area contributed by atoms with Crippen LogP contribution in [0.1, 0.15) is 117 Å². The molecule has 0 fully saturated rings. The number of carbonyl (C=O) groups excluding carboxylic acids is 1. The lowest BCUT2D eigenvalue weighted by Crippen LogP contribution is -3.00. The van der Waals surface area contributed by atoms with E-state index in [-0.39, 0.29) is 24.6 Å². The minimum Gasteiger partial charge on any atom is -1.00 e. The van der Waals surface area contributed by atoms with Gasteiger partial charge in [0, 0.05) is 13.3 Å². The largest absolute Gasteiger partial charge is 1.00 e. The number of esters is 1. The third-order valence-electron chi connectivity index (χ3n) is 5.38. The second kappa shape index (κ2) is 19.1. The molecule has 27 heavy (non-hydrogen) atoms. The van der Waals surface area contributed by atoms with Crippen LogP contribution in [0.2, 0.25) is 0 Å². The van der Waals surface area contributed by atoms with Crippen molar-refractivity contribution in [2.75, 3.05) is 21.1 Å². The summed E-state index contributed by atoms with van der Waals surface area (Å²) in [6.45, 7) is 4.24. The zero-order valence-electron chi connectivity index (χ0n) is 19.0. The van der Waals surface area contributed by atoms with Gasteiger partial charge in [0.1, 0.15) is 0 Å². The lowest BCUT2D eigenvalue weighted by Gasteiger charge is -2.30. The minimum absolute atomic E-state index is 0. The minimum atomic E-state index is -0.0705. The zero-order chi connectivity index (χ0) is 19.7. The van der Waals surface area contributed by atoms with Crippen LogP contribution in [0.4, 0.5) is 0 Å². The third-order valence-corrected chi connectivity index (χ3v) is 5.38. The number of hydrogen-bond acceptors (Lipinski definition) is 2. The molecule has 1 atom stereocenters. The van der Waals surface area contributed by atoms with Gasteiger partial charge in [-0.3, -0.25) is 9.28 Å². The van der Waals surface area contributed by atoms with Gasteiger partial charge in [-0.1, -0.05) is 96.8 Å². The summed E-state index contributed by atoms with van der Waals surface area (Å²) in [5.41, 5.74) is 0. The molecule has 0 aliphatic rings. The summed E-state index contributed by atoms with van der Waals surface area (Å²) in [6, 6.07) is 0. The first-order valence-corrected chi connectivity index (χ1v) is 11.4. The Morgan fingerprint density at radius 2 is 1.04 bits per heavy atom. The van der Waals surface area contributed by atoms with Gasteiger partial charge in [-0.2, -0.15) is 0 Å². The molecule has 0 heterocycles. The van der Waals surface area contributed by atoms with Gasteiger partial charge in [0.05, 0.1) is 21.1 Å². The molecule has 0 bridgehead atoms. The first kappa shape index (κ1) is 28.9. The molecule has 0 rings (SSSR count). The molecular weight excluding hydrogens is 358 g/mol. The van der Waals surface area contributed by atoms with Crippen molar-refractivity contribution in [3.8, 4) is 0 Å². The summed E-state index contributed by atoms with van der Waals surface area (Å²) in [6.07, 6.45) is 20.7. The van der Waals surface area contributed by atoms with Crippen LogP contribution in [-0.4, -0.2) is 37.8 Å². The zero-order valence-corrected chi connectivity index (χ0v) is 19.8. The maximum absolute atomic E-state index is 11.8. The predicted molar refractivity (Wildman–Crippen MR) is 113 cm³/mol. The Morgan fingerprint density at radius 1 is 0.704 bits per heavy atom. The second-order valence-electron chi connectivity index (χ2n) is 8.91. The molecule has 0 aromatic heterocycles. The molecule has 0 N–H and O–H groups in total. The Bertz CT molecular complexity index is 329. The first-order valence-electron chi connectivity index (χ1n) is 11.4. The van der Waals surface area contributed by atoms with Crippen LogP contribution in [-0.2, 0) is 9.53 Å². The van der Waals surface area contributed by atoms with Crippen molar-refractivity contribution < 1.29 is 26.4 Å². The third kappa shape index (κ3) is 20.3. The highest BCUT2D eigenvalue weighted by Gasteiger charge is 2.21. The van der Waals surface area contributed by atoms with Crippen LogP contribution < -0.4 is 12.4 Å². The molecule has 3 nitrogen and oxygen atoms in total. The molecule has 0 aromatic carbocycles. The van der Waals surface area contributed by atoms with E-state index in [1.807, 2.05) is 28.1 Å². The van der Waals surface area contributed by atoms with Crippen LogP contribution in [0.5, 0.6) is 0 Å². The Labute approximate surface area is 176 Å². The summed E-state index contributed by atoms with van der Waals surface area (Å²) in [7, 11) is 6.14. The van der Waals surface area contributed by atoms with E-state index in [1.165, 1.54) is 83.5 Å². The van der Waals surface area contributed by atoms with Gasteiger partial charge in [0.15, 0.2) is 0 Å². The molecular formula is C23H48ClNO2. The quantitative estimate of drug-likeness (QED) is 0.150. The SMILES string of the molecule is CCCCCCCCCCCCCCCCCC(=O)OC(C)[N+](C)(C)C.[Cl-]. The molecule has 0 spiro atoms. The Morgan fingerprint density at radius 3 is 1.37 bits per heavy atom. The van der Waals surface area contributed by atoms with E-state index in [4.69, 9.17) is 4.74 Å². The predicted octanol–water partition coefficient (Wildman–Crippen LogP) is 3.85. The summed E-state index contributed by atoms with van der Waals surface area (Å²) in [4.78, 5) is 11.8. The van der Waals surface area contributed by atoms with E-state index in [0.717, 1.165) is 12.8 Å². The van der Waals surface area contributed by atoms with Crippen molar-refractivity contribution >= 4 is 5.97 Å². The number of quaternary nitrogens is 1. The first-order chi connectivity index (χ1) is 12.4. The van der Waals surface area contributed by atoms with E-state index in [0.29, 0.717) is 10.9 Å². The molecule has 0 aromatic rings. The molecule has 164 valence electrons. The highest BCUT2D eigenvalue weighted by atomic mass is 35.5. The standard InChI is InChI=1S/C23H48NO2.ClH/c1-6-7-8-9-10-11-12-13-14-15-16-17-18-19-20-21-23(25)26-22(2)24(3,4)5;/h22H,6-21H2,1-5H3;1H/q+1;/p-1. The topological polar surface area (TPSA) is 26.3 Å². The smallest absolute Gasteiger partial charge is 0.310 e. The van der Waals surface area contributed by atoms with E-state index in [9.17, 15) is 4.79 Å². The normalized spacial score (nSPS) is 12.5. The molecule has 0 amide bonds. The van der Waals surface area contributed by atoms with Crippen LogP contribution in [0.25, 0.3) is 0 Å². The number of carbonyl (C=O) groups is 1. The Balaban J connectivity index is 0. The molecule has 1 unspecified atom stereocenters. The maximum atomic E-state index is 11.8. The average molecular weight is 406 g/mol. The number of halogens is 1. The van der Waals surface area contributed by atoms with Gasteiger partial charge in [-0.15, -0.1) is 0 Å². The molecule has 0 aliphatic heterocycles. The van der Waals surface area contributed by atoms with Gasteiger partial charge >= 0.3 is 5.97 Å². The van der Waals surface area contributed by atoms with Crippen LogP contribution in [0.3, 0.4) is 0 Å². The second-order valence-corrected chi connectivity index (χ2v) is 8.91. The molecule has 0 saturated carbocycles. The van der Waals surface area contributed by atoms with Gasteiger partial charge in [-0.05, 0) is 6.42 Å². The van der Waals surface area contributed by atoms with Gasteiger partial charge < -0.3 is 17.1 Å². The number of ether oxygens (including phenoxy) is 1. The number of unbranched alkanes of at least 4 members (excludes halogenated alkanes) is 14. The van der Waals surface area contributed by atoms with Crippen molar-refractivity contribution in [2.24, 2.45) is 0 Å². The van der Waals surface area contributed by atoms with Crippen LogP contribution in [0.15, 0.2) is 0 Å². The highest BCUT2D eigenvalue weighted by molar-refractivity contribution is 5.69. The van der Waals surface area contributed by atoms with Crippen molar-refractivity contribution in [1.82, 2.24) is 0 Å². The van der Waals surface area contributed by atoms with Crippen LogP contribution in [0, 0.1) is 0 Å². The Hall–Kier alpha value is -0.280. The van der Waals surface area contributed by atoms with E-state index >= 15 is 0 Å². The number of hydrogen-bond donors (Lipinski definition) is 0. The fourth-order valence-electron chi connectivity index (χ4n) is 3.05. The summed E-state index contributed by atoms with van der Waals surface area (Å²) >= 11 is 0. The fourth-order valence-corrected chi connectivity index (χ4v) is 3.05.